The summed E-state index contributed by atoms with van der Waals surface area (Å²) in [5.41, 5.74) is 2.58. The third-order valence-corrected chi connectivity index (χ3v) is 4.36. The minimum Gasteiger partial charge on any atom is -0.355 e. The van der Waals surface area contributed by atoms with E-state index in [4.69, 9.17) is 5.10 Å². The molecular weight excluding hydrogens is 236 g/mol. The number of anilines is 1. The summed E-state index contributed by atoms with van der Waals surface area (Å²) in [6.07, 6.45) is 7.37. The van der Waals surface area contributed by atoms with Crippen molar-refractivity contribution in [2.75, 3.05) is 24.5 Å². The third kappa shape index (κ3) is 2.00. The van der Waals surface area contributed by atoms with Crippen molar-refractivity contribution in [3.05, 3.63) is 30.0 Å². The van der Waals surface area contributed by atoms with E-state index in [1.165, 1.54) is 36.8 Å². The molecule has 0 radical (unpaired) electrons. The van der Waals surface area contributed by atoms with Gasteiger partial charge in [-0.1, -0.05) is 6.42 Å². The van der Waals surface area contributed by atoms with Gasteiger partial charge in [-0.15, -0.1) is 0 Å². The van der Waals surface area contributed by atoms with Gasteiger partial charge in [0.05, 0.1) is 5.52 Å². The summed E-state index contributed by atoms with van der Waals surface area (Å²) < 4.78 is 2.04. The fourth-order valence-corrected chi connectivity index (χ4v) is 3.05. The van der Waals surface area contributed by atoms with Crippen LogP contribution in [0.2, 0.25) is 0 Å². The van der Waals surface area contributed by atoms with Gasteiger partial charge in [0.1, 0.15) is 5.82 Å². The zero-order chi connectivity index (χ0) is 12.7. The molecule has 0 spiro atoms. The molecule has 1 N–H and O–H groups in total. The van der Waals surface area contributed by atoms with Gasteiger partial charge in [0, 0.05) is 25.3 Å². The normalized spacial score (nSPS) is 23.6. The van der Waals surface area contributed by atoms with Gasteiger partial charge in [0.25, 0.3) is 0 Å². The van der Waals surface area contributed by atoms with Gasteiger partial charge in [-0.3, -0.25) is 0 Å². The zero-order valence-electron chi connectivity index (χ0n) is 11.2. The van der Waals surface area contributed by atoms with Crippen molar-refractivity contribution in [3.8, 4) is 0 Å². The van der Waals surface area contributed by atoms with Gasteiger partial charge in [-0.25, -0.2) is 4.52 Å². The Labute approximate surface area is 113 Å². The van der Waals surface area contributed by atoms with E-state index in [9.17, 15) is 0 Å². The van der Waals surface area contributed by atoms with E-state index in [1.54, 1.807) is 0 Å². The SMILES string of the molecule is c1cc2cc(C3CCCCN3)cn2nc1N1CCC1. The third-order valence-electron chi connectivity index (χ3n) is 4.36. The molecule has 0 aromatic carbocycles. The number of nitrogens with one attached hydrogen (secondary N) is 1. The molecule has 2 saturated heterocycles. The van der Waals surface area contributed by atoms with Crippen LogP contribution in [0.5, 0.6) is 0 Å². The monoisotopic (exact) mass is 256 g/mol. The number of fused-ring (bicyclic) bond motifs is 1. The van der Waals surface area contributed by atoms with E-state index in [0.29, 0.717) is 6.04 Å². The maximum absolute atomic E-state index is 4.73. The van der Waals surface area contributed by atoms with Crippen LogP contribution in [0, 0.1) is 0 Å². The maximum atomic E-state index is 4.73. The van der Waals surface area contributed by atoms with Crippen molar-refractivity contribution < 1.29 is 0 Å². The van der Waals surface area contributed by atoms with E-state index >= 15 is 0 Å². The number of nitrogens with zero attached hydrogens (tertiary/aromatic N) is 3. The van der Waals surface area contributed by atoms with E-state index in [0.717, 1.165) is 25.5 Å². The van der Waals surface area contributed by atoms with E-state index in [1.807, 2.05) is 4.52 Å². The molecule has 2 aromatic heterocycles. The molecule has 2 aromatic rings. The second kappa shape index (κ2) is 4.53. The molecule has 2 aliphatic rings. The van der Waals surface area contributed by atoms with Crippen LogP contribution in [0.1, 0.15) is 37.3 Å². The highest BCUT2D eigenvalue weighted by molar-refractivity contribution is 5.54. The van der Waals surface area contributed by atoms with Crippen LogP contribution in [-0.4, -0.2) is 29.2 Å². The molecular formula is C15H20N4. The lowest BCUT2D eigenvalue weighted by atomic mass is 10.00. The second-order valence-corrected chi connectivity index (χ2v) is 5.68. The zero-order valence-corrected chi connectivity index (χ0v) is 11.2. The summed E-state index contributed by atoms with van der Waals surface area (Å²) in [6.45, 7) is 3.44. The van der Waals surface area contributed by atoms with Crippen molar-refractivity contribution in [2.45, 2.75) is 31.7 Å². The van der Waals surface area contributed by atoms with Gasteiger partial charge in [-0.05, 0) is 49.6 Å². The fourth-order valence-electron chi connectivity index (χ4n) is 3.05. The second-order valence-electron chi connectivity index (χ2n) is 5.68. The highest BCUT2D eigenvalue weighted by atomic mass is 15.3. The lowest BCUT2D eigenvalue weighted by Gasteiger charge is -2.31. The van der Waals surface area contributed by atoms with Crippen LogP contribution >= 0.6 is 0 Å². The Morgan fingerprint density at radius 3 is 2.84 bits per heavy atom. The van der Waals surface area contributed by atoms with Crippen LogP contribution in [0.25, 0.3) is 5.52 Å². The topological polar surface area (TPSA) is 32.6 Å². The van der Waals surface area contributed by atoms with E-state index < -0.39 is 0 Å². The first-order valence-electron chi connectivity index (χ1n) is 7.38. The summed E-state index contributed by atoms with van der Waals surface area (Å²) >= 11 is 0. The molecule has 0 saturated carbocycles. The molecule has 4 nitrogen and oxygen atoms in total. The Kier molecular flexibility index (Phi) is 2.69. The molecule has 0 bridgehead atoms. The molecule has 1 atom stereocenters. The standard InChI is InChI=1S/C15H20N4/c1-2-7-16-14(4-1)12-10-13-5-6-15(17-19(13)11-12)18-8-3-9-18/h5-6,10-11,14,16H,1-4,7-9H2. The maximum Gasteiger partial charge on any atom is 0.149 e. The number of piperidine rings is 1. The quantitative estimate of drug-likeness (QED) is 0.895. The van der Waals surface area contributed by atoms with E-state index in [2.05, 4.69) is 34.6 Å². The van der Waals surface area contributed by atoms with Crippen molar-refractivity contribution in [3.63, 3.8) is 0 Å². The van der Waals surface area contributed by atoms with E-state index in [-0.39, 0.29) is 0 Å². The molecule has 2 fully saturated rings. The van der Waals surface area contributed by atoms with Crippen LogP contribution in [-0.2, 0) is 0 Å². The summed E-state index contributed by atoms with van der Waals surface area (Å²) in [5, 5.41) is 8.33. The molecule has 4 heteroatoms. The van der Waals surface area contributed by atoms with Crippen LogP contribution in [0.4, 0.5) is 5.82 Å². The van der Waals surface area contributed by atoms with Crippen molar-refractivity contribution in [2.24, 2.45) is 0 Å². The highest BCUT2D eigenvalue weighted by Crippen LogP contribution is 2.26. The molecule has 2 aliphatic heterocycles. The number of hydrogen-bond acceptors (Lipinski definition) is 3. The fraction of sp³-hybridized carbons (Fsp3) is 0.533. The van der Waals surface area contributed by atoms with Gasteiger partial charge in [0.2, 0.25) is 0 Å². The van der Waals surface area contributed by atoms with Crippen LogP contribution in [0.15, 0.2) is 24.4 Å². The Morgan fingerprint density at radius 2 is 2.11 bits per heavy atom. The van der Waals surface area contributed by atoms with Crippen LogP contribution < -0.4 is 10.2 Å². The largest absolute Gasteiger partial charge is 0.355 e. The molecule has 4 heterocycles. The molecule has 4 rings (SSSR count). The minimum atomic E-state index is 0.517. The summed E-state index contributed by atoms with van der Waals surface area (Å²) in [7, 11) is 0. The summed E-state index contributed by atoms with van der Waals surface area (Å²) in [5.74, 6) is 1.11. The van der Waals surface area contributed by atoms with Gasteiger partial charge < -0.3 is 10.2 Å². The average Bonchev–Trinajstić information content (AvgIpc) is 2.81. The Balaban J connectivity index is 1.66. The lowest BCUT2D eigenvalue weighted by molar-refractivity contribution is 0.412. The molecule has 100 valence electrons. The first-order valence-corrected chi connectivity index (χ1v) is 7.38. The molecule has 0 aliphatic carbocycles. The van der Waals surface area contributed by atoms with Crippen LogP contribution in [0.3, 0.4) is 0 Å². The molecule has 0 amide bonds. The minimum absolute atomic E-state index is 0.517. The van der Waals surface area contributed by atoms with Crippen molar-refractivity contribution in [1.29, 1.82) is 0 Å². The first-order chi connectivity index (χ1) is 9.40. The lowest BCUT2D eigenvalue weighted by Crippen LogP contribution is -2.37. The Morgan fingerprint density at radius 1 is 1.16 bits per heavy atom. The van der Waals surface area contributed by atoms with Gasteiger partial charge in [0.15, 0.2) is 0 Å². The first kappa shape index (κ1) is 11.3. The number of hydrogen-bond donors (Lipinski definition) is 1. The average molecular weight is 256 g/mol. The van der Waals surface area contributed by atoms with Crippen molar-refractivity contribution >= 4 is 11.3 Å². The Bertz CT molecular complexity index is 579. The Hall–Kier alpha value is -1.55. The van der Waals surface area contributed by atoms with Gasteiger partial charge in [-0.2, -0.15) is 5.10 Å². The van der Waals surface area contributed by atoms with Gasteiger partial charge >= 0.3 is 0 Å². The summed E-state index contributed by atoms with van der Waals surface area (Å²) in [4.78, 5) is 2.33. The highest BCUT2D eigenvalue weighted by Gasteiger charge is 2.18. The predicted octanol–water partition coefficient (Wildman–Crippen LogP) is 2.36. The predicted molar refractivity (Wildman–Crippen MR) is 76.6 cm³/mol. The smallest absolute Gasteiger partial charge is 0.149 e. The van der Waals surface area contributed by atoms with Crippen molar-refractivity contribution in [1.82, 2.24) is 14.9 Å². The number of aromatic nitrogens is 2. The summed E-state index contributed by atoms with van der Waals surface area (Å²) in [6, 6.07) is 7.12. The molecule has 1 unspecified atom stereocenters. The molecule has 19 heavy (non-hydrogen) atoms. The number of rotatable bonds is 2.